The van der Waals surface area contributed by atoms with Crippen LogP contribution < -0.4 is 11.1 Å². The molecule has 0 unspecified atom stereocenters. The summed E-state index contributed by atoms with van der Waals surface area (Å²) in [7, 11) is 0. The lowest BCUT2D eigenvalue weighted by molar-refractivity contribution is -0.118. The van der Waals surface area contributed by atoms with Gasteiger partial charge in [0.05, 0.1) is 0 Å². The van der Waals surface area contributed by atoms with Crippen molar-refractivity contribution < 1.29 is 4.79 Å². The molecule has 4 nitrogen and oxygen atoms in total. The van der Waals surface area contributed by atoms with Crippen LogP contribution in [0.15, 0.2) is 59.5 Å². The molecule has 0 atom stereocenters. The number of nitrogens with zero attached hydrogens (tertiary/aromatic N) is 1. The molecule has 0 radical (unpaired) electrons. The number of rotatable bonds is 10. The van der Waals surface area contributed by atoms with E-state index < -0.39 is 0 Å². The van der Waals surface area contributed by atoms with Gasteiger partial charge in [-0.05, 0) is 73.9 Å². The number of amides is 1. The summed E-state index contributed by atoms with van der Waals surface area (Å²) in [6.07, 6.45) is 3.63. The second kappa shape index (κ2) is 14.9. The molecule has 0 aliphatic carbocycles. The Balaban J connectivity index is 0.000000612. The molecule has 160 valence electrons. The van der Waals surface area contributed by atoms with Crippen molar-refractivity contribution >= 4 is 23.5 Å². The van der Waals surface area contributed by atoms with Crippen LogP contribution in [0.4, 0.5) is 5.69 Å². The topological polar surface area (TPSA) is 58.4 Å². The highest BCUT2D eigenvalue weighted by molar-refractivity contribution is 7.97. The van der Waals surface area contributed by atoms with Crippen LogP contribution in [-0.4, -0.2) is 29.8 Å². The van der Waals surface area contributed by atoms with Crippen molar-refractivity contribution in [3.63, 3.8) is 0 Å². The molecule has 2 aromatic rings. The Morgan fingerprint density at radius 3 is 2.24 bits per heavy atom. The number of nitrogens with two attached hydrogens (primary N) is 1. The van der Waals surface area contributed by atoms with E-state index in [9.17, 15) is 4.79 Å². The summed E-state index contributed by atoms with van der Waals surface area (Å²) in [4.78, 5) is 11.2. The smallest absolute Gasteiger partial charge is 0.216 e. The van der Waals surface area contributed by atoms with E-state index in [0.717, 1.165) is 25.3 Å². The van der Waals surface area contributed by atoms with Gasteiger partial charge in [-0.15, -0.1) is 0 Å². The first-order valence-electron chi connectivity index (χ1n) is 10.5. The fourth-order valence-corrected chi connectivity index (χ4v) is 3.92. The normalized spacial score (nSPS) is 10.6. The van der Waals surface area contributed by atoms with Crippen molar-refractivity contribution in [1.82, 2.24) is 9.62 Å². The van der Waals surface area contributed by atoms with E-state index in [0.29, 0.717) is 5.92 Å². The van der Waals surface area contributed by atoms with E-state index in [1.165, 1.54) is 36.6 Å². The summed E-state index contributed by atoms with van der Waals surface area (Å²) in [5.41, 5.74) is 8.03. The Hall–Kier alpha value is -1.98. The van der Waals surface area contributed by atoms with Crippen LogP contribution in [0.5, 0.6) is 0 Å². The first-order chi connectivity index (χ1) is 13.9. The summed E-state index contributed by atoms with van der Waals surface area (Å²) in [6, 6.07) is 18.9. The molecular formula is C24H37N3OS. The van der Waals surface area contributed by atoms with E-state index in [2.05, 4.69) is 65.9 Å². The Morgan fingerprint density at radius 1 is 1.07 bits per heavy atom. The van der Waals surface area contributed by atoms with Gasteiger partial charge in [0.2, 0.25) is 5.91 Å². The molecule has 2 rings (SSSR count). The van der Waals surface area contributed by atoms with Gasteiger partial charge in [-0.2, -0.15) is 0 Å². The van der Waals surface area contributed by atoms with Crippen LogP contribution in [0.3, 0.4) is 0 Å². The Bertz CT molecular complexity index is 674. The maximum absolute atomic E-state index is 9.93. The lowest BCUT2D eigenvalue weighted by Crippen LogP contribution is -2.22. The highest BCUT2D eigenvalue weighted by atomic mass is 32.2. The van der Waals surface area contributed by atoms with E-state index in [-0.39, 0.29) is 5.91 Å². The van der Waals surface area contributed by atoms with Crippen LogP contribution >= 0.6 is 11.9 Å². The second-order valence-corrected chi connectivity index (χ2v) is 8.64. The van der Waals surface area contributed by atoms with Crippen molar-refractivity contribution in [3.05, 3.63) is 60.2 Å². The van der Waals surface area contributed by atoms with Gasteiger partial charge in [-0.25, -0.2) is 4.31 Å². The quantitative estimate of drug-likeness (QED) is 0.310. The number of carbonyl (C=O) groups excluding carboxylic acids is 1. The lowest BCUT2D eigenvalue weighted by atomic mass is 10.1. The SMILES string of the molecule is CC(C)CN(CCCCc1ccccc1)Sc1ccc(N)cc1.CCNC(C)=O. The minimum atomic E-state index is 0.0394. The molecule has 0 aliphatic rings. The number of hydrogen-bond donors (Lipinski definition) is 2. The summed E-state index contributed by atoms with van der Waals surface area (Å²) in [6.45, 7) is 10.9. The molecule has 0 heterocycles. The highest BCUT2D eigenvalue weighted by Gasteiger charge is 2.09. The number of anilines is 1. The Labute approximate surface area is 181 Å². The zero-order chi connectivity index (χ0) is 21.5. The fraction of sp³-hybridized carbons (Fsp3) is 0.458. The second-order valence-electron chi connectivity index (χ2n) is 7.47. The number of nitrogens with one attached hydrogen (secondary N) is 1. The van der Waals surface area contributed by atoms with Gasteiger partial charge in [0.1, 0.15) is 0 Å². The molecule has 0 saturated carbocycles. The molecule has 3 N–H and O–H groups in total. The predicted molar refractivity (Wildman–Crippen MR) is 127 cm³/mol. The molecular weight excluding hydrogens is 378 g/mol. The van der Waals surface area contributed by atoms with Crippen molar-refractivity contribution in [2.24, 2.45) is 5.92 Å². The van der Waals surface area contributed by atoms with Crippen LogP contribution in [0.2, 0.25) is 0 Å². The summed E-state index contributed by atoms with van der Waals surface area (Å²) in [5, 5.41) is 2.57. The van der Waals surface area contributed by atoms with Crippen LogP contribution in [-0.2, 0) is 11.2 Å². The van der Waals surface area contributed by atoms with E-state index in [1.54, 1.807) is 0 Å². The van der Waals surface area contributed by atoms with E-state index in [4.69, 9.17) is 5.73 Å². The van der Waals surface area contributed by atoms with Crippen molar-refractivity contribution in [3.8, 4) is 0 Å². The third-order valence-corrected chi connectivity index (χ3v) is 5.15. The van der Waals surface area contributed by atoms with Crippen LogP contribution in [0.1, 0.15) is 46.1 Å². The minimum Gasteiger partial charge on any atom is -0.399 e. The number of benzene rings is 2. The van der Waals surface area contributed by atoms with Gasteiger partial charge in [0.25, 0.3) is 0 Å². The van der Waals surface area contributed by atoms with Crippen molar-refractivity contribution in [2.45, 2.75) is 51.9 Å². The largest absolute Gasteiger partial charge is 0.399 e. The molecule has 5 heteroatoms. The first kappa shape index (κ1) is 25.1. The monoisotopic (exact) mass is 415 g/mol. The van der Waals surface area contributed by atoms with Gasteiger partial charge >= 0.3 is 0 Å². The molecule has 0 fully saturated rings. The molecule has 0 aromatic heterocycles. The molecule has 0 spiro atoms. The molecule has 1 amide bonds. The van der Waals surface area contributed by atoms with Crippen molar-refractivity contribution in [1.29, 1.82) is 0 Å². The number of nitrogen functional groups attached to an aromatic ring is 1. The van der Waals surface area contributed by atoms with Crippen molar-refractivity contribution in [2.75, 3.05) is 25.4 Å². The molecule has 0 aliphatic heterocycles. The summed E-state index contributed by atoms with van der Waals surface area (Å²) in [5.74, 6) is 0.711. The number of aryl methyl sites for hydroxylation is 1. The summed E-state index contributed by atoms with van der Waals surface area (Å²) >= 11 is 1.85. The van der Waals surface area contributed by atoms with Gasteiger partial charge in [0.15, 0.2) is 0 Å². The minimum absolute atomic E-state index is 0.0394. The maximum atomic E-state index is 9.93. The van der Waals surface area contributed by atoms with Gasteiger partial charge in [0, 0.05) is 37.1 Å². The number of carbonyl (C=O) groups is 1. The summed E-state index contributed by atoms with van der Waals surface area (Å²) < 4.78 is 2.49. The molecule has 0 saturated heterocycles. The van der Waals surface area contributed by atoms with Crippen LogP contribution in [0.25, 0.3) is 0 Å². The maximum Gasteiger partial charge on any atom is 0.216 e. The van der Waals surface area contributed by atoms with E-state index in [1.807, 2.05) is 31.0 Å². The Kier molecular flexibility index (Phi) is 12.9. The highest BCUT2D eigenvalue weighted by Crippen LogP contribution is 2.25. The average molecular weight is 416 g/mol. The Morgan fingerprint density at radius 2 is 1.72 bits per heavy atom. The molecule has 2 aromatic carbocycles. The zero-order valence-corrected chi connectivity index (χ0v) is 19.2. The third kappa shape index (κ3) is 13.0. The third-order valence-electron chi connectivity index (χ3n) is 4.07. The average Bonchev–Trinajstić information content (AvgIpc) is 2.68. The van der Waals surface area contributed by atoms with Gasteiger partial charge in [-0.1, -0.05) is 44.2 Å². The zero-order valence-electron chi connectivity index (χ0n) is 18.4. The lowest BCUT2D eigenvalue weighted by Gasteiger charge is -2.23. The fourth-order valence-electron chi connectivity index (χ4n) is 2.77. The molecule has 29 heavy (non-hydrogen) atoms. The number of hydrogen-bond acceptors (Lipinski definition) is 4. The van der Waals surface area contributed by atoms with Gasteiger partial charge in [-0.3, -0.25) is 4.79 Å². The standard InChI is InChI=1S/C20H28N2S.C4H9NO/c1-17(2)16-22(23-20-13-11-19(21)12-14-20)15-7-6-10-18-8-4-3-5-9-18;1-3-5-4(2)6/h3-5,8-9,11-14,17H,6-7,10,15-16,21H2,1-2H3;3H2,1-2H3,(H,5,6). The van der Waals surface area contributed by atoms with Gasteiger partial charge < -0.3 is 11.1 Å². The molecule has 0 bridgehead atoms. The first-order valence-corrected chi connectivity index (χ1v) is 11.2. The van der Waals surface area contributed by atoms with E-state index >= 15 is 0 Å². The van der Waals surface area contributed by atoms with Crippen LogP contribution in [0, 0.1) is 5.92 Å². The number of unbranched alkanes of at least 4 members (excludes halogenated alkanes) is 1. The predicted octanol–water partition coefficient (Wildman–Crippen LogP) is 5.40.